The summed E-state index contributed by atoms with van der Waals surface area (Å²) in [6, 6.07) is 0. The topological polar surface area (TPSA) is 108 Å². The predicted molar refractivity (Wildman–Crippen MR) is 313 cm³/mol. The molecular weight excluding hydrogens is 923 g/mol. The zero-order valence-electron chi connectivity index (χ0n) is 47.7. The monoisotopic (exact) mass is 1030 g/mol. The maximum atomic E-state index is 12.9. The Hall–Kier alpha value is -4.31. The van der Waals surface area contributed by atoms with Crippen LogP contribution in [0.3, 0.4) is 0 Å². The molecule has 0 aromatic carbocycles. The van der Waals surface area contributed by atoms with Gasteiger partial charge in [-0.05, 0) is 103 Å². The largest absolute Gasteiger partial charge is 0.477 e. The highest BCUT2D eigenvalue weighted by molar-refractivity contribution is 5.71. The van der Waals surface area contributed by atoms with Gasteiger partial charge in [0.25, 0.3) is 6.29 Å². The number of carboxylic acid groups (broad SMARTS) is 1. The van der Waals surface area contributed by atoms with Crippen molar-refractivity contribution < 1.29 is 42.9 Å². The molecule has 0 aromatic heterocycles. The molecule has 0 amide bonds. The van der Waals surface area contributed by atoms with E-state index in [1.807, 2.05) is 21.1 Å². The van der Waals surface area contributed by atoms with E-state index in [0.29, 0.717) is 17.4 Å². The SMILES string of the molecule is CC/C=C\C/C=C\C/C=C\C/C=C\C/C=C\C/C=C\C/C=C\C/C=C\CCCCCCCCCCCCC(=O)OC(COC(=O)CCCCCCC/C=C\C/C=C\CCCC)COC(OCC[N+](C)(C)C)C(=O)O. The summed E-state index contributed by atoms with van der Waals surface area (Å²) < 4.78 is 22.8. The Morgan fingerprint density at radius 1 is 0.419 bits per heavy atom. The number of quaternary nitrogens is 1. The van der Waals surface area contributed by atoms with E-state index < -0.39 is 24.3 Å². The smallest absolute Gasteiger partial charge is 0.361 e. The van der Waals surface area contributed by atoms with E-state index in [-0.39, 0.29) is 38.6 Å². The minimum atomic E-state index is -1.52. The van der Waals surface area contributed by atoms with Gasteiger partial charge in [-0.2, -0.15) is 0 Å². The van der Waals surface area contributed by atoms with Crippen LogP contribution < -0.4 is 0 Å². The van der Waals surface area contributed by atoms with Gasteiger partial charge in [-0.3, -0.25) is 9.59 Å². The molecule has 0 bridgehead atoms. The molecule has 0 radical (unpaired) electrons. The van der Waals surface area contributed by atoms with Crippen LogP contribution in [0.25, 0.3) is 0 Å². The predicted octanol–water partition coefficient (Wildman–Crippen LogP) is 17.3. The average Bonchev–Trinajstić information content (AvgIpc) is 3.37. The van der Waals surface area contributed by atoms with Crippen LogP contribution in [0.1, 0.15) is 213 Å². The van der Waals surface area contributed by atoms with E-state index in [9.17, 15) is 19.5 Å². The van der Waals surface area contributed by atoms with Crippen LogP contribution in [-0.2, 0) is 33.3 Å². The number of ether oxygens (including phenoxy) is 4. The fourth-order valence-corrected chi connectivity index (χ4v) is 7.46. The summed E-state index contributed by atoms with van der Waals surface area (Å²) in [5, 5.41) is 9.69. The molecule has 0 aliphatic carbocycles. The molecule has 9 heteroatoms. The van der Waals surface area contributed by atoms with E-state index in [2.05, 4.69) is 135 Å². The summed E-state index contributed by atoms with van der Waals surface area (Å²) >= 11 is 0. The van der Waals surface area contributed by atoms with E-state index in [0.717, 1.165) is 128 Å². The van der Waals surface area contributed by atoms with E-state index in [4.69, 9.17) is 18.9 Å². The van der Waals surface area contributed by atoms with Gasteiger partial charge in [-0.25, -0.2) is 4.79 Å². The summed E-state index contributed by atoms with van der Waals surface area (Å²) in [5.74, 6) is -2.04. The lowest BCUT2D eigenvalue weighted by molar-refractivity contribution is -0.870. The number of hydrogen-bond acceptors (Lipinski definition) is 7. The molecule has 0 fully saturated rings. The van der Waals surface area contributed by atoms with Crippen LogP contribution in [-0.4, -0.2) is 87.4 Å². The Labute approximate surface area is 453 Å². The van der Waals surface area contributed by atoms with Crippen molar-refractivity contribution in [3.8, 4) is 0 Å². The van der Waals surface area contributed by atoms with E-state index in [1.165, 1.54) is 51.4 Å². The van der Waals surface area contributed by atoms with Crippen molar-refractivity contribution in [2.24, 2.45) is 0 Å². The molecule has 0 saturated heterocycles. The zero-order chi connectivity index (χ0) is 54.1. The van der Waals surface area contributed by atoms with E-state index in [1.54, 1.807) is 0 Å². The van der Waals surface area contributed by atoms with Crippen molar-refractivity contribution in [1.29, 1.82) is 0 Å². The summed E-state index contributed by atoms with van der Waals surface area (Å²) in [4.78, 5) is 37.3. The van der Waals surface area contributed by atoms with Crippen LogP contribution in [0.4, 0.5) is 0 Å². The van der Waals surface area contributed by atoms with Crippen molar-refractivity contribution >= 4 is 17.9 Å². The van der Waals surface area contributed by atoms with Crippen LogP contribution in [0.2, 0.25) is 0 Å². The fraction of sp³-hybridized carbons (Fsp3) is 0.646. The third kappa shape index (κ3) is 55.4. The summed E-state index contributed by atoms with van der Waals surface area (Å²) in [5.41, 5.74) is 0. The van der Waals surface area contributed by atoms with Gasteiger partial charge in [0, 0.05) is 12.8 Å². The maximum absolute atomic E-state index is 12.9. The number of likely N-dealkylation sites (N-methyl/N-ethyl adjacent to an activating group) is 1. The van der Waals surface area contributed by atoms with Crippen LogP contribution in [0.5, 0.6) is 0 Å². The number of nitrogens with zero attached hydrogens (tertiary/aromatic N) is 1. The van der Waals surface area contributed by atoms with E-state index >= 15 is 0 Å². The highest BCUT2D eigenvalue weighted by Crippen LogP contribution is 2.14. The molecule has 0 saturated carbocycles. The van der Waals surface area contributed by atoms with Crippen molar-refractivity contribution in [2.75, 3.05) is 47.5 Å². The van der Waals surface area contributed by atoms with Crippen LogP contribution in [0, 0.1) is 0 Å². The first-order chi connectivity index (χ1) is 36.1. The summed E-state index contributed by atoms with van der Waals surface area (Å²) in [7, 11) is 5.95. The molecule has 0 aliphatic rings. The molecule has 9 nitrogen and oxygen atoms in total. The first-order valence-corrected chi connectivity index (χ1v) is 29.2. The summed E-state index contributed by atoms with van der Waals surface area (Å²) in [6.07, 6.45) is 74.2. The first-order valence-electron chi connectivity index (χ1n) is 29.2. The molecule has 2 atom stereocenters. The highest BCUT2D eigenvalue weighted by atomic mass is 16.7. The minimum Gasteiger partial charge on any atom is -0.477 e. The lowest BCUT2D eigenvalue weighted by Crippen LogP contribution is -2.40. The molecular formula is C65H108NO8+. The van der Waals surface area contributed by atoms with Gasteiger partial charge in [0.05, 0.1) is 34.4 Å². The first kappa shape index (κ1) is 69.7. The van der Waals surface area contributed by atoms with Crippen molar-refractivity contribution in [3.05, 3.63) is 122 Å². The van der Waals surface area contributed by atoms with Crippen LogP contribution >= 0.6 is 0 Å². The lowest BCUT2D eigenvalue weighted by atomic mass is 10.0. The summed E-state index contributed by atoms with van der Waals surface area (Å²) in [6.45, 7) is 4.68. The average molecular weight is 1030 g/mol. The Kier molecular flexibility index (Phi) is 51.7. The van der Waals surface area contributed by atoms with Gasteiger partial charge < -0.3 is 28.5 Å². The second kappa shape index (κ2) is 54.9. The number of esters is 2. The number of carboxylic acids is 1. The second-order valence-corrected chi connectivity index (χ2v) is 20.2. The highest BCUT2D eigenvalue weighted by Gasteiger charge is 2.25. The fourth-order valence-electron chi connectivity index (χ4n) is 7.46. The molecule has 74 heavy (non-hydrogen) atoms. The standard InChI is InChI=1S/C65H107NO8/c1-6-8-10-12-14-16-18-20-22-23-24-25-26-27-28-29-30-31-32-33-34-35-36-37-38-39-40-41-42-44-46-48-50-52-54-56-63(68)74-61(60-73-65(64(69)70)71-58-57-66(3,4)5)59-72-62(67)55-53-51-49-47-45-43-21-19-17-15-13-11-9-7-2/h8,10,13-16,19-22,24-25,27-28,30-31,33-34,36-37,61,65H,6-7,9,11-12,17-18,23,26,29,32,35,38-60H2,1-5H3/p+1/b10-8-,15-13-,16-14-,21-19-,22-20-,25-24-,28-27-,31-30-,34-33-,37-36-. The van der Waals surface area contributed by atoms with Crippen LogP contribution in [0.15, 0.2) is 122 Å². The number of carbonyl (C=O) groups is 3. The third-order valence-electron chi connectivity index (χ3n) is 12.0. The second-order valence-electron chi connectivity index (χ2n) is 20.2. The molecule has 0 aliphatic heterocycles. The quantitative estimate of drug-likeness (QED) is 0.0211. The molecule has 0 aromatic rings. The van der Waals surface area contributed by atoms with Gasteiger partial charge in [-0.15, -0.1) is 0 Å². The number of aliphatic carboxylic acids is 1. The molecule has 0 rings (SSSR count). The molecule has 0 heterocycles. The Morgan fingerprint density at radius 3 is 1.15 bits per heavy atom. The van der Waals surface area contributed by atoms with Crippen molar-refractivity contribution in [1.82, 2.24) is 0 Å². The Balaban J connectivity index is 4.20. The zero-order valence-corrected chi connectivity index (χ0v) is 47.7. The van der Waals surface area contributed by atoms with Crippen molar-refractivity contribution in [3.63, 3.8) is 0 Å². The van der Waals surface area contributed by atoms with Gasteiger partial charge in [-0.1, -0.05) is 219 Å². The Morgan fingerprint density at radius 2 is 0.770 bits per heavy atom. The van der Waals surface area contributed by atoms with Crippen molar-refractivity contribution in [2.45, 2.75) is 225 Å². The number of hydrogen-bond donors (Lipinski definition) is 1. The molecule has 2 unspecified atom stereocenters. The minimum absolute atomic E-state index is 0.179. The third-order valence-corrected chi connectivity index (χ3v) is 12.0. The van der Waals surface area contributed by atoms with Gasteiger partial charge in [0.2, 0.25) is 0 Å². The lowest BCUT2D eigenvalue weighted by Gasteiger charge is -2.25. The number of unbranched alkanes of at least 4 members (excludes halogenated alkanes) is 17. The van der Waals surface area contributed by atoms with Gasteiger partial charge in [0.1, 0.15) is 13.2 Å². The Bertz CT molecular complexity index is 1620. The number of carbonyl (C=O) groups excluding carboxylic acids is 2. The molecule has 1 N–H and O–H groups in total. The molecule has 0 spiro atoms. The maximum Gasteiger partial charge on any atom is 0.361 e. The molecule has 420 valence electrons. The normalized spacial score (nSPS) is 13.7. The number of rotatable bonds is 52. The van der Waals surface area contributed by atoms with Gasteiger partial charge >= 0.3 is 17.9 Å². The van der Waals surface area contributed by atoms with Gasteiger partial charge in [0.15, 0.2) is 6.10 Å². The number of allylic oxidation sites excluding steroid dienone is 20.